The summed E-state index contributed by atoms with van der Waals surface area (Å²) in [5, 5.41) is 18.1. The minimum atomic E-state index is 0.154. The number of hydrogen-bond acceptors (Lipinski definition) is 4. The van der Waals surface area contributed by atoms with Gasteiger partial charge in [-0.15, -0.1) is 0 Å². The fraction of sp³-hybridized carbons (Fsp3) is 0.333. The molecule has 4 heteroatoms. The first-order chi connectivity index (χ1) is 6.20. The Morgan fingerprint density at radius 3 is 2.69 bits per heavy atom. The van der Waals surface area contributed by atoms with Gasteiger partial charge < -0.3 is 15.1 Å². The second-order valence-electron chi connectivity index (χ2n) is 2.74. The molecule has 0 spiro atoms. The van der Waals surface area contributed by atoms with Crippen molar-refractivity contribution in [3.63, 3.8) is 0 Å². The van der Waals surface area contributed by atoms with E-state index >= 15 is 0 Å². The predicted molar refractivity (Wildman–Crippen MR) is 48.0 cm³/mol. The number of nitrogens with one attached hydrogen (secondary N) is 1. The van der Waals surface area contributed by atoms with E-state index in [0.29, 0.717) is 16.9 Å². The van der Waals surface area contributed by atoms with E-state index in [1.165, 1.54) is 0 Å². The van der Waals surface area contributed by atoms with Gasteiger partial charge >= 0.3 is 0 Å². The topological polar surface area (TPSA) is 61.7 Å². The number of aromatic hydroxyl groups is 1. The summed E-state index contributed by atoms with van der Waals surface area (Å²) in [7, 11) is 1.55. The molecule has 0 saturated carbocycles. The number of phenols is 1. The molecule has 0 aromatic heterocycles. The molecule has 3 N–H and O–H groups in total. The Labute approximate surface area is 76.7 Å². The lowest BCUT2D eigenvalue weighted by Crippen LogP contribution is -2.06. The normalized spacial score (nSPS) is 10.1. The molecule has 1 aromatic carbocycles. The van der Waals surface area contributed by atoms with Gasteiger partial charge in [0.05, 0.1) is 7.11 Å². The summed E-state index contributed by atoms with van der Waals surface area (Å²) in [5.41, 5.74) is 3.30. The molecule has 0 saturated heterocycles. The minimum Gasteiger partial charge on any atom is -0.507 e. The third kappa shape index (κ3) is 1.91. The molecule has 0 atom stereocenters. The van der Waals surface area contributed by atoms with E-state index in [1.807, 2.05) is 5.48 Å². The van der Waals surface area contributed by atoms with Gasteiger partial charge in [0.1, 0.15) is 11.5 Å². The molecule has 4 nitrogen and oxygen atoms in total. The highest BCUT2D eigenvalue weighted by molar-refractivity contribution is 5.48. The average Bonchev–Trinajstić information content (AvgIpc) is 2.14. The highest BCUT2D eigenvalue weighted by Gasteiger charge is 2.08. The first-order valence-corrected chi connectivity index (χ1v) is 3.93. The lowest BCUT2D eigenvalue weighted by atomic mass is 10.1. The monoisotopic (exact) mass is 183 g/mol. The molecule has 0 fully saturated rings. The third-order valence-electron chi connectivity index (χ3n) is 1.95. The number of ether oxygens (including phenoxy) is 1. The maximum Gasteiger partial charge on any atom is 0.126 e. The number of hydroxylamine groups is 1. The minimum absolute atomic E-state index is 0.154. The van der Waals surface area contributed by atoms with Crippen molar-refractivity contribution in [3.8, 4) is 11.5 Å². The van der Waals surface area contributed by atoms with Crippen LogP contribution in [-0.4, -0.2) is 17.4 Å². The smallest absolute Gasteiger partial charge is 0.126 e. The standard InChI is InChI=1S/C9H13NO3/c1-6-8(13-2)4-3-7(5-10-12)9(6)11/h3-4,10-12H,5H2,1-2H3. The van der Waals surface area contributed by atoms with Gasteiger partial charge in [-0.1, -0.05) is 6.07 Å². The van der Waals surface area contributed by atoms with Gasteiger partial charge in [-0.2, -0.15) is 0 Å². The van der Waals surface area contributed by atoms with Crippen LogP contribution in [0.5, 0.6) is 11.5 Å². The Hall–Kier alpha value is -1.26. The van der Waals surface area contributed by atoms with Crippen LogP contribution in [0, 0.1) is 6.92 Å². The quantitative estimate of drug-likeness (QED) is 0.616. The van der Waals surface area contributed by atoms with Gasteiger partial charge in [0.25, 0.3) is 0 Å². The number of phenolic OH excluding ortho intramolecular Hbond substituents is 1. The van der Waals surface area contributed by atoms with Crippen molar-refractivity contribution < 1.29 is 15.1 Å². The van der Waals surface area contributed by atoms with Gasteiger partial charge in [-0.05, 0) is 13.0 Å². The van der Waals surface area contributed by atoms with Crippen LogP contribution in [0.15, 0.2) is 12.1 Å². The van der Waals surface area contributed by atoms with E-state index in [2.05, 4.69) is 0 Å². The Morgan fingerprint density at radius 1 is 1.46 bits per heavy atom. The molecule has 0 aliphatic carbocycles. The van der Waals surface area contributed by atoms with Crippen molar-refractivity contribution in [3.05, 3.63) is 23.3 Å². The number of hydrogen-bond donors (Lipinski definition) is 3. The maximum atomic E-state index is 9.61. The van der Waals surface area contributed by atoms with Crippen LogP contribution in [0.4, 0.5) is 0 Å². The zero-order chi connectivity index (χ0) is 9.84. The lowest BCUT2D eigenvalue weighted by molar-refractivity contribution is 0.160. The highest BCUT2D eigenvalue weighted by atomic mass is 16.5. The summed E-state index contributed by atoms with van der Waals surface area (Å²) in [6.07, 6.45) is 0. The maximum absolute atomic E-state index is 9.61. The molecule has 0 aliphatic rings. The van der Waals surface area contributed by atoms with E-state index in [1.54, 1.807) is 26.2 Å². The summed E-state index contributed by atoms with van der Waals surface area (Å²) < 4.78 is 5.02. The fourth-order valence-corrected chi connectivity index (χ4v) is 1.19. The molecule has 0 heterocycles. The molecule has 1 rings (SSSR count). The van der Waals surface area contributed by atoms with E-state index in [4.69, 9.17) is 9.94 Å². The van der Waals surface area contributed by atoms with Crippen LogP contribution in [-0.2, 0) is 6.54 Å². The second-order valence-corrected chi connectivity index (χ2v) is 2.74. The van der Waals surface area contributed by atoms with Crippen LogP contribution in [0.1, 0.15) is 11.1 Å². The summed E-state index contributed by atoms with van der Waals surface area (Å²) in [6, 6.07) is 3.45. The van der Waals surface area contributed by atoms with Crippen LogP contribution >= 0.6 is 0 Å². The zero-order valence-electron chi connectivity index (χ0n) is 7.66. The first kappa shape index (κ1) is 9.83. The molecule has 13 heavy (non-hydrogen) atoms. The second kappa shape index (κ2) is 4.11. The molecular weight excluding hydrogens is 170 g/mol. The van der Waals surface area contributed by atoms with Crippen molar-refractivity contribution in [1.29, 1.82) is 0 Å². The van der Waals surface area contributed by atoms with Crippen molar-refractivity contribution in [2.75, 3.05) is 7.11 Å². The van der Waals surface area contributed by atoms with Crippen molar-refractivity contribution in [2.24, 2.45) is 0 Å². The van der Waals surface area contributed by atoms with Gasteiger partial charge in [0.15, 0.2) is 0 Å². The molecule has 0 radical (unpaired) electrons. The molecule has 0 unspecified atom stereocenters. The van der Waals surface area contributed by atoms with Crippen LogP contribution < -0.4 is 10.2 Å². The van der Waals surface area contributed by atoms with Crippen LogP contribution in [0.25, 0.3) is 0 Å². The van der Waals surface area contributed by atoms with Crippen molar-refractivity contribution in [2.45, 2.75) is 13.5 Å². The largest absolute Gasteiger partial charge is 0.507 e. The number of rotatable bonds is 3. The first-order valence-electron chi connectivity index (χ1n) is 3.93. The van der Waals surface area contributed by atoms with E-state index < -0.39 is 0 Å². The number of methoxy groups -OCH3 is 1. The lowest BCUT2D eigenvalue weighted by Gasteiger charge is -2.09. The summed E-state index contributed by atoms with van der Waals surface area (Å²) in [5.74, 6) is 0.792. The Kier molecular flexibility index (Phi) is 3.11. The average molecular weight is 183 g/mol. The Balaban J connectivity index is 3.07. The Bertz CT molecular complexity index is 299. The van der Waals surface area contributed by atoms with Crippen LogP contribution in [0.3, 0.4) is 0 Å². The molecule has 0 aliphatic heterocycles. The van der Waals surface area contributed by atoms with Gasteiger partial charge in [0.2, 0.25) is 0 Å². The molecule has 72 valence electrons. The van der Waals surface area contributed by atoms with E-state index in [-0.39, 0.29) is 12.3 Å². The molecule has 0 bridgehead atoms. The summed E-state index contributed by atoms with van der Waals surface area (Å²) >= 11 is 0. The highest BCUT2D eigenvalue weighted by Crippen LogP contribution is 2.29. The van der Waals surface area contributed by atoms with Gasteiger partial charge in [0, 0.05) is 17.7 Å². The Morgan fingerprint density at radius 2 is 2.15 bits per heavy atom. The summed E-state index contributed by atoms with van der Waals surface area (Å²) in [6.45, 7) is 1.98. The van der Waals surface area contributed by atoms with E-state index in [9.17, 15) is 5.11 Å². The SMILES string of the molecule is COc1ccc(CNO)c(O)c1C. The predicted octanol–water partition coefficient (Wildman–Crippen LogP) is 1.19. The number of benzene rings is 1. The van der Waals surface area contributed by atoms with Crippen molar-refractivity contribution >= 4 is 0 Å². The molecule has 1 aromatic rings. The summed E-state index contributed by atoms with van der Waals surface area (Å²) in [4.78, 5) is 0. The molecular formula is C9H13NO3. The van der Waals surface area contributed by atoms with Crippen molar-refractivity contribution in [1.82, 2.24) is 5.48 Å². The van der Waals surface area contributed by atoms with E-state index in [0.717, 1.165) is 0 Å². The van der Waals surface area contributed by atoms with Gasteiger partial charge in [-0.3, -0.25) is 0 Å². The fourth-order valence-electron chi connectivity index (χ4n) is 1.19. The zero-order valence-corrected chi connectivity index (χ0v) is 7.66. The third-order valence-corrected chi connectivity index (χ3v) is 1.95. The van der Waals surface area contributed by atoms with Crippen LogP contribution in [0.2, 0.25) is 0 Å². The molecule has 0 amide bonds. The van der Waals surface area contributed by atoms with Gasteiger partial charge in [-0.25, -0.2) is 5.48 Å².